The second-order valence-corrected chi connectivity index (χ2v) is 11.6. The van der Waals surface area contributed by atoms with E-state index >= 15 is 0 Å². The van der Waals surface area contributed by atoms with E-state index in [1.165, 1.54) is 19.2 Å². The lowest BCUT2D eigenvalue weighted by Gasteiger charge is -2.16. The van der Waals surface area contributed by atoms with Crippen LogP contribution in [-0.2, 0) is 16.0 Å². The summed E-state index contributed by atoms with van der Waals surface area (Å²) in [6.07, 6.45) is 7.45. The predicted octanol–water partition coefficient (Wildman–Crippen LogP) is 6.55. The number of nitrogens with one attached hydrogen (secondary N) is 2. The number of methoxy groups -OCH3 is 1. The molecular formula is C37H41N3O7. The van der Waals surface area contributed by atoms with Crippen molar-refractivity contribution in [3.8, 4) is 16.9 Å². The van der Waals surface area contributed by atoms with Crippen LogP contribution in [0.2, 0.25) is 0 Å². The van der Waals surface area contributed by atoms with Crippen LogP contribution in [0.1, 0.15) is 99.9 Å². The molecule has 4 rings (SSSR count). The number of pyridine rings is 1. The molecule has 1 heterocycles. The summed E-state index contributed by atoms with van der Waals surface area (Å²) < 4.78 is 10.8. The molecule has 0 bridgehead atoms. The SMILES string of the molecule is C=Cc1cc(C(=O)Cc2ccc(C(=N)CC(=O)OCCCCCC)cc2)c(-c2ccc(C(=O)NCC3CC3)nc2C(=O)O)cc1OC. The molecule has 10 heteroatoms. The summed E-state index contributed by atoms with van der Waals surface area (Å²) in [5.41, 5.74) is 2.15. The highest BCUT2D eigenvalue weighted by molar-refractivity contribution is 6.08. The zero-order chi connectivity index (χ0) is 33.9. The number of ketones is 1. The molecule has 2 aromatic carbocycles. The number of amides is 1. The smallest absolute Gasteiger partial charge is 0.355 e. The van der Waals surface area contributed by atoms with E-state index in [-0.39, 0.29) is 46.9 Å². The maximum Gasteiger partial charge on any atom is 0.355 e. The maximum absolute atomic E-state index is 13.8. The molecule has 0 radical (unpaired) electrons. The lowest BCUT2D eigenvalue weighted by Crippen LogP contribution is -2.27. The average Bonchev–Trinajstić information content (AvgIpc) is 3.91. The van der Waals surface area contributed by atoms with Crippen LogP contribution in [0.25, 0.3) is 17.2 Å². The molecule has 0 spiro atoms. The van der Waals surface area contributed by atoms with Crippen LogP contribution in [-0.4, -0.2) is 59.7 Å². The van der Waals surface area contributed by atoms with E-state index in [0.29, 0.717) is 47.1 Å². The summed E-state index contributed by atoms with van der Waals surface area (Å²) >= 11 is 0. The number of carbonyl (C=O) groups is 4. The molecule has 1 aliphatic rings. The highest BCUT2D eigenvalue weighted by Crippen LogP contribution is 2.35. The number of benzene rings is 2. The average molecular weight is 640 g/mol. The fraction of sp³-hybridized carbons (Fsp3) is 0.351. The van der Waals surface area contributed by atoms with E-state index in [2.05, 4.69) is 23.8 Å². The van der Waals surface area contributed by atoms with Gasteiger partial charge in [0.2, 0.25) is 0 Å². The minimum Gasteiger partial charge on any atom is -0.496 e. The Kier molecular flexibility index (Phi) is 12.2. The number of carboxylic acid groups (broad SMARTS) is 1. The molecule has 1 aromatic heterocycles. The quantitative estimate of drug-likeness (QED) is 0.0613. The van der Waals surface area contributed by atoms with Gasteiger partial charge in [0, 0.05) is 35.4 Å². The number of carboxylic acids is 1. The zero-order valence-electron chi connectivity index (χ0n) is 26.9. The van der Waals surface area contributed by atoms with Crippen LogP contribution in [0.3, 0.4) is 0 Å². The highest BCUT2D eigenvalue weighted by Gasteiger charge is 2.25. The molecule has 0 aliphatic heterocycles. The number of carbonyl (C=O) groups excluding carboxylic acids is 3. The number of aromatic nitrogens is 1. The van der Waals surface area contributed by atoms with Gasteiger partial charge in [-0.1, -0.05) is 63.1 Å². The number of esters is 1. The molecule has 0 saturated heterocycles. The topological polar surface area (TPSA) is 156 Å². The van der Waals surface area contributed by atoms with Crippen molar-refractivity contribution < 1.29 is 33.8 Å². The molecule has 0 atom stereocenters. The number of unbranched alkanes of at least 4 members (excludes halogenated alkanes) is 3. The third-order valence-electron chi connectivity index (χ3n) is 8.01. The van der Waals surface area contributed by atoms with Crippen LogP contribution in [0.15, 0.2) is 55.1 Å². The Morgan fingerprint density at radius 3 is 2.43 bits per heavy atom. The monoisotopic (exact) mass is 639 g/mol. The van der Waals surface area contributed by atoms with Crippen LogP contribution < -0.4 is 10.1 Å². The van der Waals surface area contributed by atoms with Crippen molar-refractivity contribution >= 4 is 35.4 Å². The number of hydrogen-bond acceptors (Lipinski definition) is 8. The van der Waals surface area contributed by atoms with Gasteiger partial charge in [-0.15, -0.1) is 0 Å². The van der Waals surface area contributed by atoms with Crippen molar-refractivity contribution in [1.82, 2.24) is 10.3 Å². The Hall–Kier alpha value is -5.12. The van der Waals surface area contributed by atoms with Crippen LogP contribution >= 0.6 is 0 Å². The van der Waals surface area contributed by atoms with Crippen molar-refractivity contribution in [2.24, 2.45) is 5.92 Å². The maximum atomic E-state index is 13.8. The third-order valence-corrected chi connectivity index (χ3v) is 8.01. The fourth-order valence-corrected chi connectivity index (χ4v) is 5.12. The molecule has 1 saturated carbocycles. The number of aromatic carboxylic acids is 1. The molecule has 1 amide bonds. The van der Waals surface area contributed by atoms with Gasteiger partial charge in [-0.2, -0.15) is 0 Å². The Morgan fingerprint density at radius 1 is 1.04 bits per heavy atom. The normalized spacial score (nSPS) is 12.2. The molecule has 1 fully saturated rings. The minimum absolute atomic E-state index is 0.0270. The van der Waals surface area contributed by atoms with E-state index in [1.807, 2.05) is 0 Å². The summed E-state index contributed by atoms with van der Waals surface area (Å²) in [5, 5.41) is 21.2. The number of rotatable bonds is 18. The van der Waals surface area contributed by atoms with Gasteiger partial charge >= 0.3 is 11.9 Å². The van der Waals surface area contributed by atoms with Gasteiger partial charge < -0.3 is 25.3 Å². The molecule has 0 unspecified atom stereocenters. The largest absolute Gasteiger partial charge is 0.496 e. The van der Waals surface area contributed by atoms with E-state index in [4.69, 9.17) is 14.9 Å². The summed E-state index contributed by atoms with van der Waals surface area (Å²) in [7, 11) is 1.46. The predicted molar refractivity (Wildman–Crippen MR) is 179 cm³/mol. The second-order valence-electron chi connectivity index (χ2n) is 11.6. The van der Waals surface area contributed by atoms with Gasteiger partial charge in [-0.25, -0.2) is 9.78 Å². The van der Waals surface area contributed by atoms with Crippen molar-refractivity contribution in [1.29, 1.82) is 5.41 Å². The summed E-state index contributed by atoms with van der Waals surface area (Å²) in [4.78, 5) is 55.2. The van der Waals surface area contributed by atoms with Crippen LogP contribution in [0.5, 0.6) is 5.75 Å². The van der Waals surface area contributed by atoms with E-state index in [0.717, 1.165) is 38.5 Å². The Bertz CT molecular complexity index is 1660. The van der Waals surface area contributed by atoms with Crippen LogP contribution in [0, 0.1) is 11.3 Å². The summed E-state index contributed by atoms with van der Waals surface area (Å²) in [5.74, 6) is -1.73. The molecule has 1 aliphatic carbocycles. The Balaban J connectivity index is 1.55. The molecule has 3 aromatic rings. The number of ether oxygens (including phenoxy) is 2. The fourth-order valence-electron chi connectivity index (χ4n) is 5.12. The van der Waals surface area contributed by atoms with Crippen molar-refractivity contribution in [2.75, 3.05) is 20.3 Å². The minimum atomic E-state index is -1.35. The van der Waals surface area contributed by atoms with E-state index in [1.54, 1.807) is 42.5 Å². The Labute approximate surface area is 274 Å². The van der Waals surface area contributed by atoms with Gasteiger partial charge in [0.05, 0.1) is 20.1 Å². The highest BCUT2D eigenvalue weighted by atomic mass is 16.5. The second kappa shape index (κ2) is 16.4. The first-order chi connectivity index (χ1) is 22.6. The number of Topliss-reactive ketones (excluding diaryl/α,β-unsaturated/α-hetero) is 1. The molecule has 3 N–H and O–H groups in total. The van der Waals surface area contributed by atoms with Crippen molar-refractivity contribution in [3.05, 3.63) is 88.8 Å². The number of nitrogens with zero attached hydrogens (tertiary/aromatic N) is 1. The van der Waals surface area contributed by atoms with E-state index in [9.17, 15) is 24.3 Å². The van der Waals surface area contributed by atoms with Gasteiger partial charge in [0.25, 0.3) is 5.91 Å². The lowest BCUT2D eigenvalue weighted by atomic mass is 9.90. The zero-order valence-corrected chi connectivity index (χ0v) is 26.9. The lowest BCUT2D eigenvalue weighted by molar-refractivity contribution is -0.142. The van der Waals surface area contributed by atoms with Crippen molar-refractivity contribution in [3.63, 3.8) is 0 Å². The van der Waals surface area contributed by atoms with Gasteiger partial charge in [-0.3, -0.25) is 14.4 Å². The molecule has 47 heavy (non-hydrogen) atoms. The molecular weight excluding hydrogens is 598 g/mol. The summed E-state index contributed by atoms with van der Waals surface area (Å²) in [6.45, 7) is 6.78. The number of hydrogen-bond donors (Lipinski definition) is 3. The van der Waals surface area contributed by atoms with E-state index < -0.39 is 17.8 Å². The first-order valence-corrected chi connectivity index (χ1v) is 15.9. The third kappa shape index (κ3) is 9.45. The molecule has 10 nitrogen and oxygen atoms in total. The summed E-state index contributed by atoms with van der Waals surface area (Å²) in [6, 6.07) is 12.9. The van der Waals surface area contributed by atoms with Gasteiger partial charge in [-0.05, 0) is 66.1 Å². The first kappa shape index (κ1) is 34.7. The van der Waals surface area contributed by atoms with Crippen LogP contribution in [0.4, 0.5) is 0 Å². The van der Waals surface area contributed by atoms with Gasteiger partial charge in [0.15, 0.2) is 11.5 Å². The Morgan fingerprint density at radius 2 is 1.79 bits per heavy atom. The van der Waals surface area contributed by atoms with Gasteiger partial charge in [0.1, 0.15) is 11.4 Å². The standard InChI is InChI=1S/C37H41N3O7/c1-4-6-7-8-17-47-34(42)21-30(38)26-13-11-23(12-14-26)18-32(41)29-19-25(5-2)33(46-3)20-28(29)27-15-16-31(40-35(27)37(44)45)36(43)39-22-24-9-10-24/h5,11-16,19-20,24,38H,2,4,6-10,17-18,21-22H2,1,3H3,(H,39,43)(H,44,45). The first-order valence-electron chi connectivity index (χ1n) is 15.9. The van der Waals surface area contributed by atoms with Crippen molar-refractivity contribution in [2.45, 2.75) is 58.3 Å². The molecule has 246 valence electrons.